The highest BCUT2D eigenvalue weighted by molar-refractivity contribution is 7.80. The highest BCUT2D eigenvalue weighted by Crippen LogP contribution is 2.42. The van der Waals surface area contributed by atoms with Crippen molar-refractivity contribution in [1.29, 1.82) is 0 Å². The molecule has 166 valence electrons. The van der Waals surface area contributed by atoms with Crippen LogP contribution in [-0.4, -0.2) is 20.8 Å². The molecule has 3 aromatic rings. The summed E-state index contributed by atoms with van der Waals surface area (Å²) in [4.78, 5) is 6.85. The van der Waals surface area contributed by atoms with Crippen LogP contribution in [0.25, 0.3) is 0 Å². The molecular weight excluding hydrogens is 416 g/mol. The average molecular weight is 447 g/mol. The van der Waals surface area contributed by atoms with Crippen molar-refractivity contribution in [3.8, 4) is 5.75 Å². The number of hydrogen-bond donors (Lipinski definition) is 1. The van der Waals surface area contributed by atoms with Crippen LogP contribution in [0.4, 0.5) is 5.69 Å². The van der Waals surface area contributed by atoms with Gasteiger partial charge in [-0.25, -0.2) is 0 Å². The second kappa shape index (κ2) is 8.94. The minimum atomic E-state index is -0.0267. The summed E-state index contributed by atoms with van der Waals surface area (Å²) >= 11 is 5.83. The first-order valence-electron chi connectivity index (χ1n) is 11.5. The van der Waals surface area contributed by atoms with Gasteiger partial charge in [0.25, 0.3) is 0 Å². The standard InChI is InChI=1S/C26H30N4OS/c1-18(2)29-16-14-19(17-29)25-24(23-9-5-6-15-27-23)28-26(32)30(25)20-10-12-22(13-11-20)31-21-7-3-4-8-21/h5-6,9-18,21,24-25H,3-4,7-8H2,1-2H3,(H,28,32)/t24-,25-/m0/s1. The number of anilines is 1. The predicted molar refractivity (Wildman–Crippen MR) is 132 cm³/mol. The number of ether oxygens (including phenoxy) is 1. The molecule has 6 heteroatoms. The fraction of sp³-hybridized carbons (Fsp3) is 0.385. The number of nitrogens with zero attached hydrogens (tertiary/aromatic N) is 3. The fourth-order valence-corrected chi connectivity index (χ4v) is 5.13. The lowest BCUT2D eigenvalue weighted by Crippen LogP contribution is -2.29. The molecule has 2 fully saturated rings. The quantitative estimate of drug-likeness (QED) is 0.473. The van der Waals surface area contributed by atoms with Gasteiger partial charge in [-0.3, -0.25) is 4.98 Å². The molecule has 2 atom stereocenters. The predicted octanol–water partition coefficient (Wildman–Crippen LogP) is 5.96. The molecule has 0 unspecified atom stereocenters. The van der Waals surface area contributed by atoms with Gasteiger partial charge in [0.15, 0.2) is 5.11 Å². The van der Waals surface area contributed by atoms with Crippen LogP contribution in [-0.2, 0) is 0 Å². The van der Waals surface area contributed by atoms with Crippen molar-refractivity contribution in [2.75, 3.05) is 4.90 Å². The van der Waals surface area contributed by atoms with Gasteiger partial charge in [0.2, 0.25) is 0 Å². The molecule has 5 nitrogen and oxygen atoms in total. The van der Waals surface area contributed by atoms with Crippen LogP contribution in [0.5, 0.6) is 5.75 Å². The Labute approximate surface area is 195 Å². The molecule has 1 N–H and O–H groups in total. The van der Waals surface area contributed by atoms with Crippen LogP contribution in [0.2, 0.25) is 0 Å². The number of pyridine rings is 1. The van der Waals surface area contributed by atoms with Gasteiger partial charge in [-0.2, -0.15) is 0 Å². The summed E-state index contributed by atoms with van der Waals surface area (Å²) in [6.45, 7) is 4.39. The van der Waals surface area contributed by atoms with E-state index in [-0.39, 0.29) is 12.1 Å². The number of thiocarbonyl (C=S) groups is 1. The third-order valence-corrected chi connectivity index (χ3v) is 6.81. The molecule has 1 saturated heterocycles. The lowest BCUT2D eigenvalue weighted by atomic mass is 9.98. The third-order valence-electron chi connectivity index (χ3n) is 6.49. The molecule has 1 aromatic carbocycles. The van der Waals surface area contributed by atoms with Gasteiger partial charge >= 0.3 is 0 Å². The van der Waals surface area contributed by atoms with Crippen LogP contribution in [0.15, 0.2) is 67.1 Å². The molecule has 5 rings (SSSR count). The van der Waals surface area contributed by atoms with E-state index in [4.69, 9.17) is 17.0 Å². The molecule has 0 amide bonds. The Hall–Kier alpha value is -2.86. The maximum Gasteiger partial charge on any atom is 0.174 e. The van der Waals surface area contributed by atoms with Gasteiger partial charge in [-0.15, -0.1) is 0 Å². The van der Waals surface area contributed by atoms with Gasteiger partial charge in [-0.1, -0.05) is 6.07 Å². The van der Waals surface area contributed by atoms with Gasteiger partial charge in [0.1, 0.15) is 5.75 Å². The van der Waals surface area contributed by atoms with E-state index in [1.54, 1.807) is 0 Å². The van der Waals surface area contributed by atoms with Crippen LogP contribution in [0, 0.1) is 0 Å². The lowest BCUT2D eigenvalue weighted by Gasteiger charge is -2.27. The molecule has 2 aromatic heterocycles. The van der Waals surface area contributed by atoms with E-state index in [0.29, 0.717) is 17.3 Å². The van der Waals surface area contributed by atoms with E-state index >= 15 is 0 Å². The third kappa shape index (κ3) is 4.11. The molecule has 32 heavy (non-hydrogen) atoms. The summed E-state index contributed by atoms with van der Waals surface area (Å²) in [7, 11) is 0. The number of hydrogen-bond acceptors (Lipinski definition) is 3. The largest absolute Gasteiger partial charge is 0.490 e. The van der Waals surface area contributed by atoms with E-state index in [1.807, 2.05) is 18.3 Å². The smallest absolute Gasteiger partial charge is 0.174 e. The molecule has 2 aliphatic rings. The summed E-state index contributed by atoms with van der Waals surface area (Å²) in [5.41, 5.74) is 3.26. The van der Waals surface area contributed by atoms with Crippen molar-refractivity contribution in [2.45, 2.75) is 63.8 Å². The molecule has 0 radical (unpaired) electrons. The van der Waals surface area contributed by atoms with E-state index in [1.165, 1.54) is 18.4 Å². The van der Waals surface area contributed by atoms with Crippen molar-refractivity contribution in [1.82, 2.24) is 14.9 Å². The zero-order valence-electron chi connectivity index (χ0n) is 18.6. The molecule has 3 heterocycles. The number of nitrogens with one attached hydrogen (secondary N) is 1. The summed E-state index contributed by atoms with van der Waals surface area (Å²) in [5, 5.41) is 4.25. The summed E-state index contributed by atoms with van der Waals surface area (Å²) < 4.78 is 8.41. The zero-order chi connectivity index (χ0) is 22.1. The molecule has 1 saturated carbocycles. The van der Waals surface area contributed by atoms with Gasteiger partial charge in [-0.05, 0) is 99.8 Å². The Morgan fingerprint density at radius 2 is 1.84 bits per heavy atom. The summed E-state index contributed by atoms with van der Waals surface area (Å²) in [6.07, 6.45) is 11.4. The van der Waals surface area contributed by atoms with Crippen molar-refractivity contribution >= 4 is 23.0 Å². The highest BCUT2D eigenvalue weighted by Gasteiger charge is 2.41. The van der Waals surface area contributed by atoms with Crippen molar-refractivity contribution < 1.29 is 4.74 Å². The summed E-state index contributed by atoms with van der Waals surface area (Å²) in [6, 6.07) is 17.0. The normalized spacial score (nSPS) is 21.3. The van der Waals surface area contributed by atoms with E-state index in [0.717, 1.165) is 30.0 Å². The van der Waals surface area contributed by atoms with E-state index < -0.39 is 0 Å². The Morgan fingerprint density at radius 3 is 2.50 bits per heavy atom. The second-order valence-corrected chi connectivity index (χ2v) is 9.39. The maximum atomic E-state index is 6.17. The average Bonchev–Trinajstić information content (AvgIpc) is 3.55. The highest BCUT2D eigenvalue weighted by atomic mass is 32.1. The Bertz CT molecular complexity index is 1060. The van der Waals surface area contributed by atoms with Crippen LogP contribution >= 0.6 is 12.2 Å². The first-order chi connectivity index (χ1) is 15.6. The van der Waals surface area contributed by atoms with E-state index in [9.17, 15) is 0 Å². The molecule has 0 spiro atoms. The SMILES string of the molecule is CC(C)n1ccc([C@H]2[C@H](c3ccccn3)NC(=S)N2c2ccc(OC3CCCC3)cc2)c1. The molecular formula is C26H30N4OS. The number of rotatable bonds is 6. The molecule has 1 aliphatic carbocycles. The van der Waals surface area contributed by atoms with Gasteiger partial charge in [0.05, 0.1) is 23.9 Å². The summed E-state index contributed by atoms with van der Waals surface area (Å²) in [5.74, 6) is 0.933. The minimum absolute atomic E-state index is 0.0130. The first-order valence-corrected chi connectivity index (χ1v) is 12.0. The van der Waals surface area contributed by atoms with Crippen molar-refractivity contribution in [3.05, 3.63) is 78.4 Å². The first kappa shape index (κ1) is 21.0. The fourth-order valence-electron chi connectivity index (χ4n) is 4.78. The minimum Gasteiger partial charge on any atom is -0.490 e. The van der Waals surface area contributed by atoms with E-state index in [2.05, 4.69) is 82.4 Å². The molecule has 1 aliphatic heterocycles. The maximum absolute atomic E-state index is 6.17. The monoisotopic (exact) mass is 446 g/mol. The lowest BCUT2D eigenvalue weighted by molar-refractivity contribution is 0.210. The number of benzene rings is 1. The van der Waals surface area contributed by atoms with Crippen LogP contribution in [0.1, 0.15) is 68.9 Å². The van der Waals surface area contributed by atoms with Crippen LogP contribution in [0.3, 0.4) is 0 Å². The number of aromatic nitrogens is 2. The van der Waals surface area contributed by atoms with Crippen LogP contribution < -0.4 is 15.0 Å². The Kier molecular flexibility index (Phi) is 5.87. The Morgan fingerprint density at radius 1 is 1.06 bits per heavy atom. The van der Waals surface area contributed by atoms with Crippen molar-refractivity contribution in [3.63, 3.8) is 0 Å². The zero-order valence-corrected chi connectivity index (χ0v) is 19.5. The Balaban J connectivity index is 1.48. The van der Waals surface area contributed by atoms with Gasteiger partial charge in [0, 0.05) is 30.3 Å². The second-order valence-electron chi connectivity index (χ2n) is 9.00. The molecule has 0 bridgehead atoms. The van der Waals surface area contributed by atoms with Gasteiger partial charge < -0.3 is 19.5 Å². The topological polar surface area (TPSA) is 42.3 Å². The van der Waals surface area contributed by atoms with Crippen molar-refractivity contribution in [2.24, 2.45) is 0 Å².